The molecule has 4 rings (SSSR count). The minimum Gasteiger partial charge on any atom is -0.387 e. The second-order valence-corrected chi connectivity index (χ2v) is 8.17. The first-order valence-electron chi connectivity index (χ1n) is 8.81. The van der Waals surface area contributed by atoms with Gasteiger partial charge in [0.1, 0.15) is 36.3 Å². The van der Waals surface area contributed by atoms with Gasteiger partial charge in [-0.2, -0.15) is 8.42 Å². The molecule has 1 saturated heterocycles. The Labute approximate surface area is 174 Å². The van der Waals surface area contributed by atoms with Crippen molar-refractivity contribution in [3.8, 4) is 0 Å². The number of ketones is 1. The topological polar surface area (TPSA) is 191 Å². The zero-order chi connectivity index (χ0) is 22.5. The molecule has 1 fully saturated rings. The van der Waals surface area contributed by atoms with E-state index in [9.17, 15) is 32.4 Å². The number of aliphatic hydroxyl groups excluding tert-OH is 3. The number of carbonyl (C=O) groups excluding carboxylic acids is 1. The average Bonchev–Trinajstić information content (AvgIpc) is 3.29. The van der Waals surface area contributed by atoms with E-state index in [4.69, 9.17) is 10.5 Å². The van der Waals surface area contributed by atoms with E-state index in [0.29, 0.717) is 0 Å². The van der Waals surface area contributed by atoms with Crippen molar-refractivity contribution in [1.82, 2.24) is 19.5 Å². The summed E-state index contributed by atoms with van der Waals surface area (Å²) in [5, 5.41) is 31.2. The number of Topliss-reactive ketones (excluding diaryl/α,β-unsaturated/α-hetero) is 1. The summed E-state index contributed by atoms with van der Waals surface area (Å²) in [6, 6.07) is 3.74. The number of fused-ring (bicyclic) bond motifs is 1. The van der Waals surface area contributed by atoms with Crippen molar-refractivity contribution >= 4 is 33.0 Å². The van der Waals surface area contributed by atoms with Gasteiger partial charge in [0.2, 0.25) is 0 Å². The maximum absolute atomic E-state index is 13.0. The number of ether oxygens (including phenoxy) is 1. The molecular formula is C17H16FN5O7S. The third kappa shape index (κ3) is 3.64. The summed E-state index contributed by atoms with van der Waals surface area (Å²) in [6.45, 7) is 0. The maximum atomic E-state index is 13.0. The number of nitrogen functional groups attached to an aromatic ring is 1. The maximum Gasteiger partial charge on any atom is 0.332 e. The standard InChI is InChI=1S/C17H16FN5O7S/c18-31(28,29)8-3-1-7(2-4-8)10(24)11(25)14-12(26)13(27)17(30-14)23-6-22-9-15(19)20-5-21-16(9)23/h1-6,11-14,17,25-27H,(H2,19,20,21)/t11?,12-,13+,14+,17+/m0/s1. The number of anilines is 1. The van der Waals surface area contributed by atoms with Gasteiger partial charge in [0.15, 0.2) is 23.5 Å². The minimum absolute atomic E-state index is 0.0855. The van der Waals surface area contributed by atoms with E-state index in [1.54, 1.807) is 0 Å². The van der Waals surface area contributed by atoms with Gasteiger partial charge >= 0.3 is 10.2 Å². The van der Waals surface area contributed by atoms with Gasteiger partial charge in [-0.25, -0.2) is 15.0 Å². The van der Waals surface area contributed by atoms with Gasteiger partial charge in [-0.15, -0.1) is 3.89 Å². The Morgan fingerprint density at radius 1 is 1.16 bits per heavy atom. The van der Waals surface area contributed by atoms with E-state index in [0.717, 1.165) is 24.3 Å². The Hall–Kier alpha value is -3.04. The van der Waals surface area contributed by atoms with Gasteiger partial charge in [0.25, 0.3) is 0 Å². The largest absolute Gasteiger partial charge is 0.387 e. The van der Waals surface area contributed by atoms with Crippen molar-refractivity contribution in [3.05, 3.63) is 42.5 Å². The van der Waals surface area contributed by atoms with Crippen LogP contribution >= 0.6 is 0 Å². The van der Waals surface area contributed by atoms with Crippen LogP contribution in [0, 0.1) is 0 Å². The summed E-state index contributed by atoms with van der Waals surface area (Å²) in [7, 11) is -4.95. The zero-order valence-corrected chi connectivity index (χ0v) is 16.3. The molecule has 0 aliphatic carbocycles. The molecule has 0 saturated carbocycles. The lowest BCUT2D eigenvalue weighted by molar-refractivity contribution is -0.0725. The molecule has 12 nitrogen and oxygen atoms in total. The molecule has 31 heavy (non-hydrogen) atoms. The van der Waals surface area contributed by atoms with Crippen LogP contribution in [0.2, 0.25) is 0 Å². The highest BCUT2D eigenvalue weighted by Crippen LogP contribution is 2.34. The summed E-state index contributed by atoms with van der Waals surface area (Å²) < 4.78 is 41.6. The smallest absolute Gasteiger partial charge is 0.332 e. The van der Waals surface area contributed by atoms with Crippen molar-refractivity contribution < 1.29 is 37.2 Å². The van der Waals surface area contributed by atoms with Gasteiger partial charge in [0.05, 0.1) is 11.2 Å². The van der Waals surface area contributed by atoms with E-state index in [1.807, 2.05) is 0 Å². The van der Waals surface area contributed by atoms with Crippen LogP contribution in [-0.4, -0.2) is 73.5 Å². The summed E-state index contributed by atoms with van der Waals surface area (Å²) >= 11 is 0. The van der Waals surface area contributed by atoms with E-state index in [2.05, 4.69) is 15.0 Å². The molecule has 0 amide bonds. The number of aromatic nitrogens is 4. The van der Waals surface area contributed by atoms with Crippen molar-refractivity contribution in [2.24, 2.45) is 0 Å². The number of rotatable bonds is 5. The molecule has 1 aliphatic rings. The Bertz CT molecular complexity index is 1250. The third-order valence-electron chi connectivity index (χ3n) is 4.94. The van der Waals surface area contributed by atoms with Gasteiger partial charge in [-0.05, 0) is 24.3 Å². The van der Waals surface area contributed by atoms with E-state index in [-0.39, 0.29) is 22.5 Å². The Morgan fingerprint density at radius 2 is 1.84 bits per heavy atom. The molecule has 1 aromatic carbocycles. The zero-order valence-electron chi connectivity index (χ0n) is 15.5. The fourth-order valence-electron chi connectivity index (χ4n) is 3.33. The number of halogens is 1. The predicted octanol–water partition coefficient (Wildman–Crippen LogP) is -1.07. The molecule has 5 N–H and O–H groups in total. The molecule has 14 heteroatoms. The molecule has 0 bridgehead atoms. The lowest BCUT2D eigenvalue weighted by atomic mass is 9.98. The summed E-state index contributed by atoms with van der Waals surface area (Å²) in [4.78, 5) is 23.8. The van der Waals surface area contributed by atoms with Crippen molar-refractivity contribution in [1.29, 1.82) is 0 Å². The van der Waals surface area contributed by atoms with Crippen LogP contribution in [0.1, 0.15) is 16.6 Å². The SMILES string of the molecule is Nc1ncnc2c1ncn2[C@@H]1O[C@H](C(O)C(=O)c2ccc(S(=O)(=O)F)cc2)[C@@H](O)[C@H]1O. The number of nitrogens with zero attached hydrogens (tertiary/aromatic N) is 4. The second kappa shape index (κ2) is 7.58. The minimum atomic E-state index is -4.95. The first-order valence-corrected chi connectivity index (χ1v) is 10.2. The summed E-state index contributed by atoms with van der Waals surface area (Å²) in [5.74, 6) is -0.843. The van der Waals surface area contributed by atoms with Crippen LogP contribution in [-0.2, 0) is 15.0 Å². The number of aliphatic hydroxyl groups is 3. The van der Waals surface area contributed by atoms with Crippen LogP contribution in [0.15, 0.2) is 41.8 Å². The van der Waals surface area contributed by atoms with Crippen LogP contribution in [0.4, 0.5) is 9.70 Å². The number of hydrogen-bond acceptors (Lipinski definition) is 11. The first kappa shape index (κ1) is 21.2. The number of imidazole rings is 1. The monoisotopic (exact) mass is 453 g/mol. The van der Waals surface area contributed by atoms with Crippen molar-refractivity contribution in [2.75, 3.05) is 5.73 Å². The number of hydrogen-bond donors (Lipinski definition) is 4. The van der Waals surface area contributed by atoms with Gasteiger partial charge < -0.3 is 25.8 Å². The predicted molar refractivity (Wildman–Crippen MR) is 101 cm³/mol. The normalized spacial score (nSPS) is 25.0. The van der Waals surface area contributed by atoms with E-state index in [1.165, 1.54) is 17.2 Å². The Kier molecular flexibility index (Phi) is 5.18. The third-order valence-corrected chi connectivity index (χ3v) is 5.77. The van der Waals surface area contributed by atoms with Crippen molar-refractivity contribution in [3.63, 3.8) is 0 Å². The second-order valence-electron chi connectivity index (χ2n) is 6.83. The van der Waals surface area contributed by atoms with Crippen LogP contribution in [0.5, 0.6) is 0 Å². The average molecular weight is 453 g/mol. The highest BCUT2D eigenvalue weighted by Gasteiger charge is 2.49. The summed E-state index contributed by atoms with van der Waals surface area (Å²) in [6.07, 6.45) is -5.49. The van der Waals surface area contributed by atoms with Gasteiger partial charge in [-0.3, -0.25) is 9.36 Å². The molecule has 0 radical (unpaired) electrons. The number of benzene rings is 1. The molecule has 5 atom stereocenters. The molecule has 3 aromatic rings. The molecule has 0 spiro atoms. The highest BCUT2D eigenvalue weighted by atomic mass is 32.3. The van der Waals surface area contributed by atoms with Crippen LogP contribution in [0.25, 0.3) is 11.2 Å². The highest BCUT2D eigenvalue weighted by molar-refractivity contribution is 7.86. The van der Waals surface area contributed by atoms with E-state index < -0.39 is 51.5 Å². The molecule has 1 aliphatic heterocycles. The summed E-state index contributed by atoms with van der Waals surface area (Å²) in [5.41, 5.74) is 6.01. The molecule has 3 heterocycles. The number of carbonyl (C=O) groups is 1. The number of nitrogens with two attached hydrogens (primary N) is 1. The van der Waals surface area contributed by atoms with Gasteiger partial charge in [-0.1, -0.05) is 0 Å². The lowest BCUT2D eigenvalue weighted by Crippen LogP contribution is -2.42. The first-order chi connectivity index (χ1) is 14.6. The molecule has 1 unspecified atom stereocenters. The van der Waals surface area contributed by atoms with Crippen LogP contribution < -0.4 is 5.73 Å². The molecule has 2 aromatic heterocycles. The van der Waals surface area contributed by atoms with E-state index >= 15 is 0 Å². The molecule has 164 valence electrons. The van der Waals surface area contributed by atoms with Gasteiger partial charge in [0, 0.05) is 5.56 Å². The van der Waals surface area contributed by atoms with Crippen molar-refractivity contribution in [2.45, 2.75) is 35.5 Å². The Balaban J connectivity index is 1.58. The Morgan fingerprint density at radius 3 is 2.48 bits per heavy atom. The lowest BCUT2D eigenvalue weighted by Gasteiger charge is -2.20. The molecular weight excluding hydrogens is 437 g/mol. The van der Waals surface area contributed by atoms with Crippen LogP contribution in [0.3, 0.4) is 0 Å². The fraction of sp³-hybridized carbons (Fsp3) is 0.294. The fourth-order valence-corrected chi connectivity index (χ4v) is 3.80. The quantitative estimate of drug-likeness (QED) is 0.272.